The molecule has 4 nitrogen and oxygen atoms in total. The van der Waals surface area contributed by atoms with E-state index in [1.807, 2.05) is 19.1 Å². The van der Waals surface area contributed by atoms with Crippen molar-refractivity contribution in [2.45, 2.75) is 25.0 Å². The zero-order chi connectivity index (χ0) is 14.8. The fourth-order valence-corrected chi connectivity index (χ4v) is 3.82. The first-order chi connectivity index (χ1) is 9.42. The number of aliphatic hydroxyl groups excluding tert-OH is 1. The van der Waals surface area contributed by atoms with Crippen molar-refractivity contribution in [3.8, 4) is 0 Å². The Morgan fingerprint density at radius 3 is 2.65 bits per heavy atom. The number of halogens is 1. The Bertz CT molecular complexity index is 710. The summed E-state index contributed by atoms with van der Waals surface area (Å²) in [6.45, 7) is 1.92. The summed E-state index contributed by atoms with van der Waals surface area (Å²) in [5.41, 5.74) is 0.390. The highest BCUT2D eigenvalue weighted by molar-refractivity contribution is 7.89. The van der Waals surface area contributed by atoms with Crippen molar-refractivity contribution in [3.63, 3.8) is 0 Å². The molecule has 0 aliphatic heterocycles. The third kappa shape index (κ3) is 3.59. The third-order valence-electron chi connectivity index (χ3n) is 2.73. The lowest BCUT2D eigenvalue weighted by atomic mass is 10.2. The Hall–Kier alpha value is -0.920. The molecule has 0 amide bonds. The molecule has 20 heavy (non-hydrogen) atoms. The van der Waals surface area contributed by atoms with Gasteiger partial charge in [0, 0.05) is 21.3 Å². The standard InChI is InChI=1S/C13H14ClNO3S2/c1-9-2-3-11(19-9)7-15-20(17,18)12-4-5-13(14)10(6-12)8-16/h2-6,15-16H,7-8H2,1H3. The van der Waals surface area contributed by atoms with Crippen LogP contribution in [-0.4, -0.2) is 13.5 Å². The summed E-state index contributed by atoms with van der Waals surface area (Å²) in [6, 6.07) is 8.11. The normalized spacial score (nSPS) is 11.8. The van der Waals surface area contributed by atoms with Gasteiger partial charge in [-0.1, -0.05) is 11.6 Å². The molecule has 2 rings (SSSR count). The topological polar surface area (TPSA) is 66.4 Å². The monoisotopic (exact) mass is 331 g/mol. The van der Waals surface area contributed by atoms with Crippen LogP contribution < -0.4 is 4.72 Å². The number of sulfonamides is 1. The van der Waals surface area contributed by atoms with Crippen molar-refractivity contribution in [3.05, 3.63) is 50.7 Å². The number of aliphatic hydroxyl groups is 1. The number of thiophene rings is 1. The van der Waals surface area contributed by atoms with Crippen LogP contribution in [0.3, 0.4) is 0 Å². The predicted octanol–water partition coefficient (Wildman–Crippen LogP) is 2.68. The minimum atomic E-state index is -3.61. The number of aryl methyl sites for hydroxylation is 1. The summed E-state index contributed by atoms with van der Waals surface area (Å²) >= 11 is 7.39. The molecule has 1 heterocycles. The van der Waals surface area contributed by atoms with Crippen LogP contribution in [-0.2, 0) is 23.2 Å². The van der Waals surface area contributed by atoms with E-state index >= 15 is 0 Å². The molecule has 0 saturated carbocycles. The van der Waals surface area contributed by atoms with Crippen LogP contribution in [0.15, 0.2) is 35.2 Å². The molecule has 2 aromatic rings. The lowest BCUT2D eigenvalue weighted by Crippen LogP contribution is -2.22. The average Bonchev–Trinajstić information content (AvgIpc) is 2.83. The molecule has 2 N–H and O–H groups in total. The minimum Gasteiger partial charge on any atom is -0.392 e. The first-order valence-electron chi connectivity index (χ1n) is 5.86. The number of nitrogens with one attached hydrogen (secondary N) is 1. The minimum absolute atomic E-state index is 0.0965. The SMILES string of the molecule is Cc1ccc(CNS(=O)(=O)c2ccc(Cl)c(CO)c2)s1. The van der Waals surface area contributed by atoms with Crippen molar-refractivity contribution in [1.29, 1.82) is 0 Å². The second-order valence-corrected chi connectivity index (χ2v) is 7.79. The van der Waals surface area contributed by atoms with Crippen LogP contribution in [0.25, 0.3) is 0 Å². The van der Waals surface area contributed by atoms with E-state index in [-0.39, 0.29) is 18.0 Å². The van der Waals surface area contributed by atoms with E-state index in [9.17, 15) is 8.42 Å². The fraction of sp³-hybridized carbons (Fsp3) is 0.231. The van der Waals surface area contributed by atoms with E-state index in [0.29, 0.717) is 10.6 Å². The van der Waals surface area contributed by atoms with Gasteiger partial charge in [-0.05, 0) is 42.8 Å². The number of hydrogen-bond acceptors (Lipinski definition) is 4. The molecule has 1 aromatic carbocycles. The molecular formula is C13H14ClNO3S2. The van der Waals surface area contributed by atoms with Crippen LogP contribution in [0.4, 0.5) is 0 Å². The first kappa shape index (κ1) is 15.5. The quantitative estimate of drug-likeness (QED) is 0.885. The molecule has 0 bridgehead atoms. The van der Waals surface area contributed by atoms with Gasteiger partial charge >= 0.3 is 0 Å². The van der Waals surface area contributed by atoms with Gasteiger partial charge in [-0.2, -0.15) is 0 Å². The highest BCUT2D eigenvalue weighted by Gasteiger charge is 2.15. The molecule has 0 spiro atoms. The van der Waals surface area contributed by atoms with E-state index in [1.165, 1.54) is 18.2 Å². The van der Waals surface area contributed by atoms with Crippen molar-refractivity contribution in [2.75, 3.05) is 0 Å². The van der Waals surface area contributed by atoms with Crippen molar-refractivity contribution in [1.82, 2.24) is 4.72 Å². The molecule has 0 aliphatic rings. The number of benzene rings is 1. The summed E-state index contributed by atoms with van der Waals surface area (Å²) in [6.07, 6.45) is 0. The van der Waals surface area contributed by atoms with Crippen LogP contribution in [0, 0.1) is 6.92 Å². The smallest absolute Gasteiger partial charge is 0.240 e. The van der Waals surface area contributed by atoms with E-state index < -0.39 is 10.0 Å². The lowest BCUT2D eigenvalue weighted by molar-refractivity contribution is 0.281. The summed E-state index contributed by atoms with van der Waals surface area (Å²) in [7, 11) is -3.61. The summed E-state index contributed by atoms with van der Waals surface area (Å²) in [4.78, 5) is 2.18. The largest absolute Gasteiger partial charge is 0.392 e. The van der Waals surface area contributed by atoms with Gasteiger partial charge in [0.2, 0.25) is 10.0 Å². The van der Waals surface area contributed by atoms with E-state index in [1.54, 1.807) is 11.3 Å². The Labute approximate surface area is 127 Å². The number of hydrogen-bond donors (Lipinski definition) is 2. The third-order valence-corrected chi connectivity index (χ3v) is 5.50. The van der Waals surface area contributed by atoms with Gasteiger partial charge < -0.3 is 5.11 Å². The number of rotatable bonds is 5. The van der Waals surface area contributed by atoms with Crippen LogP contribution >= 0.6 is 22.9 Å². The molecule has 0 aliphatic carbocycles. The van der Waals surface area contributed by atoms with Gasteiger partial charge in [0.1, 0.15) is 0 Å². The Morgan fingerprint density at radius 1 is 1.30 bits per heavy atom. The molecule has 0 saturated heterocycles. The molecule has 1 aromatic heterocycles. The molecule has 108 valence electrons. The van der Waals surface area contributed by atoms with E-state index in [4.69, 9.17) is 16.7 Å². The van der Waals surface area contributed by atoms with Gasteiger partial charge in [0.25, 0.3) is 0 Å². The summed E-state index contributed by atoms with van der Waals surface area (Å²) < 4.78 is 26.9. The second-order valence-electron chi connectivity index (χ2n) is 4.25. The van der Waals surface area contributed by atoms with Crippen LogP contribution in [0.1, 0.15) is 15.3 Å². The Balaban J connectivity index is 2.17. The molecular weight excluding hydrogens is 318 g/mol. The molecule has 0 radical (unpaired) electrons. The maximum atomic E-state index is 12.2. The second kappa shape index (κ2) is 6.24. The highest BCUT2D eigenvalue weighted by Crippen LogP contribution is 2.21. The maximum Gasteiger partial charge on any atom is 0.240 e. The van der Waals surface area contributed by atoms with Gasteiger partial charge in [0.05, 0.1) is 11.5 Å². The lowest BCUT2D eigenvalue weighted by Gasteiger charge is -2.08. The zero-order valence-corrected chi connectivity index (χ0v) is 13.1. The van der Waals surface area contributed by atoms with Crippen LogP contribution in [0.5, 0.6) is 0 Å². The van der Waals surface area contributed by atoms with Crippen LogP contribution in [0.2, 0.25) is 5.02 Å². The van der Waals surface area contributed by atoms with Gasteiger partial charge in [0.15, 0.2) is 0 Å². The fourth-order valence-electron chi connectivity index (χ4n) is 1.67. The molecule has 0 fully saturated rings. The zero-order valence-electron chi connectivity index (χ0n) is 10.8. The molecule has 7 heteroatoms. The average molecular weight is 332 g/mol. The predicted molar refractivity (Wildman–Crippen MR) is 80.5 cm³/mol. The maximum absolute atomic E-state index is 12.2. The first-order valence-corrected chi connectivity index (χ1v) is 8.54. The van der Waals surface area contributed by atoms with E-state index in [2.05, 4.69) is 4.72 Å². The van der Waals surface area contributed by atoms with Gasteiger partial charge in [-0.15, -0.1) is 11.3 Å². The Kier molecular flexibility index (Phi) is 4.82. The Morgan fingerprint density at radius 2 is 2.05 bits per heavy atom. The van der Waals surface area contributed by atoms with Crippen molar-refractivity contribution >= 4 is 33.0 Å². The van der Waals surface area contributed by atoms with E-state index in [0.717, 1.165) is 9.75 Å². The summed E-state index contributed by atoms with van der Waals surface area (Å²) in [5.74, 6) is 0. The van der Waals surface area contributed by atoms with Gasteiger partial charge in [-0.25, -0.2) is 13.1 Å². The molecule has 0 unspecified atom stereocenters. The van der Waals surface area contributed by atoms with Gasteiger partial charge in [-0.3, -0.25) is 0 Å². The highest BCUT2D eigenvalue weighted by atomic mass is 35.5. The van der Waals surface area contributed by atoms with Crippen molar-refractivity contribution < 1.29 is 13.5 Å². The van der Waals surface area contributed by atoms with Crippen molar-refractivity contribution in [2.24, 2.45) is 0 Å². The molecule has 0 atom stereocenters. The summed E-state index contributed by atoms with van der Waals surface area (Å²) in [5, 5.41) is 9.47.